The highest BCUT2D eigenvalue weighted by Gasteiger charge is 2.20. The second-order valence-electron chi connectivity index (χ2n) is 4.46. The van der Waals surface area contributed by atoms with Crippen LogP contribution in [-0.4, -0.2) is 51.0 Å². The fourth-order valence-electron chi connectivity index (χ4n) is 1.43. The third-order valence-electron chi connectivity index (χ3n) is 2.63. The van der Waals surface area contributed by atoms with Crippen LogP contribution < -0.4 is 9.92 Å². The van der Waals surface area contributed by atoms with Crippen molar-refractivity contribution in [3.8, 4) is 11.5 Å². The molecule has 9 heteroatoms. The minimum atomic E-state index is -3.99. The van der Waals surface area contributed by atoms with Crippen LogP contribution in [0, 0.1) is 0 Å². The highest BCUT2D eigenvalue weighted by molar-refractivity contribution is 7.84. The number of aromatic hydroxyl groups is 1. The van der Waals surface area contributed by atoms with Gasteiger partial charge in [0.15, 0.2) is 11.5 Å². The zero-order valence-electron chi connectivity index (χ0n) is 11.9. The Hall–Kier alpha value is -1.84. The number of benzene rings is 1. The van der Waals surface area contributed by atoms with Crippen LogP contribution in [0.3, 0.4) is 0 Å². The number of carbonyl (C=O) groups is 1. The summed E-state index contributed by atoms with van der Waals surface area (Å²) in [6.45, 7) is 0. The topological polar surface area (TPSA) is 119 Å². The Bertz CT molecular complexity index is 614. The van der Waals surface area contributed by atoms with Crippen LogP contribution in [0.1, 0.15) is 5.56 Å². The quantitative estimate of drug-likeness (QED) is 0.686. The van der Waals surface area contributed by atoms with Crippen LogP contribution in [0.5, 0.6) is 11.5 Å². The Balaban J connectivity index is 2.98. The molecule has 0 aliphatic carbocycles. The van der Waals surface area contributed by atoms with Gasteiger partial charge < -0.3 is 19.8 Å². The Morgan fingerprint density at radius 3 is 2.57 bits per heavy atom. The van der Waals surface area contributed by atoms with Gasteiger partial charge in [-0.2, -0.15) is 12.7 Å². The van der Waals surface area contributed by atoms with Gasteiger partial charge in [-0.3, -0.25) is 4.79 Å². The molecule has 0 fully saturated rings. The van der Waals surface area contributed by atoms with Crippen molar-refractivity contribution in [1.29, 1.82) is 0 Å². The predicted octanol–water partition coefficient (Wildman–Crippen LogP) is -0.380. The second kappa shape index (κ2) is 6.74. The zero-order valence-corrected chi connectivity index (χ0v) is 12.8. The van der Waals surface area contributed by atoms with E-state index in [9.17, 15) is 18.3 Å². The lowest BCUT2D eigenvalue weighted by Gasteiger charge is -2.14. The lowest BCUT2D eigenvalue weighted by molar-refractivity contribution is -0.142. The third kappa shape index (κ3) is 4.59. The van der Waals surface area contributed by atoms with Gasteiger partial charge >= 0.3 is 16.3 Å². The predicted molar refractivity (Wildman–Crippen MR) is 75.0 cm³/mol. The maximum atomic E-state index is 11.6. The van der Waals surface area contributed by atoms with Gasteiger partial charge in [0.05, 0.1) is 7.11 Å². The molecule has 118 valence electrons. The van der Waals surface area contributed by atoms with E-state index in [-0.39, 0.29) is 17.9 Å². The van der Waals surface area contributed by atoms with Crippen LogP contribution in [0.2, 0.25) is 0 Å². The van der Waals surface area contributed by atoms with Crippen LogP contribution in [0.15, 0.2) is 18.2 Å². The number of esters is 1. The number of nitrogens with two attached hydrogens (primary N) is 1. The van der Waals surface area contributed by atoms with Crippen molar-refractivity contribution in [3.63, 3.8) is 0 Å². The van der Waals surface area contributed by atoms with E-state index in [4.69, 9.17) is 9.92 Å². The molecule has 1 rings (SSSR count). The zero-order chi connectivity index (χ0) is 16.2. The van der Waals surface area contributed by atoms with Crippen molar-refractivity contribution in [2.45, 2.75) is 12.5 Å². The lowest BCUT2D eigenvalue weighted by atomic mass is 10.1. The molecule has 0 heterocycles. The van der Waals surface area contributed by atoms with E-state index < -0.39 is 22.3 Å². The van der Waals surface area contributed by atoms with E-state index >= 15 is 0 Å². The highest BCUT2D eigenvalue weighted by atomic mass is 32.2. The minimum Gasteiger partial charge on any atom is -0.504 e. The average molecular weight is 318 g/mol. The van der Waals surface area contributed by atoms with Crippen molar-refractivity contribution in [1.82, 2.24) is 4.31 Å². The number of methoxy groups -OCH3 is 1. The van der Waals surface area contributed by atoms with Crippen LogP contribution in [0.4, 0.5) is 0 Å². The molecule has 8 nitrogen and oxygen atoms in total. The molecule has 0 radical (unpaired) electrons. The van der Waals surface area contributed by atoms with E-state index in [1.54, 1.807) is 0 Å². The maximum absolute atomic E-state index is 11.6. The molecule has 0 spiro atoms. The molecule has 0 amide bonds. The van der Waals surface area contributed by atoms with Crippen molar-refractivity contribution < 1.29 is 27.2 Å². The molecular weight excluding hydrogens is 300 g/mol. The van der Waals surface area contributed by atoms with E-state index in [2.05, 4.69) is 4.74 Å². The van der Waals surface area contributed by atoms with E-state index in [0.717, 1.165) is 4.31 Å². The fourth-order valence-corrected chi connectivity index (χ4v) is 1.94. The van der Waals surface area contributed by atoms with Crippen molar-refractivity contribution >= 4 is 16.3 Å². The molecular formula is C12H18N2O6S. The number of phenols is 1. The van der Waals surface area contributed by atoms with Gasteiger partial charge in [-0.15, -0.1) is 0 Å². The molecule has 1 aromatic rings. The van der Waals surface area contributed by atoms with Gasteiger partial charge in [-0.05, 0) is 24.1 Å². The molecule has 21 heavy (non-hydrogen) atoms. The summed E-state index contributed by atoms with van der Waals surface area (Å²) in [5, 5.41) is 9.64. The Morgan fingerprint density at radius 1 is 1.43 bits per heavy atom. The van der Waals surface area contributed by atoms with Gasteiger partial charge in [-0.25, -0.2) is 0 Å². The standard InChI is InChI=1S/C12H18N2O6S/c1-14(2)21(17,18)20-11-7-8(4-5-10(11)15)6-9(13)12(16)19-3/h4-5,7,9,15H,6,13H2,1-3H3/t9-/m0/s1. The molecule has 0 aliphatic heterocycles. The SMILES string of the molecule is COC(=O)[C@@H](N)Cc1ccc(O)c(OS(=O)(=O)N(C)C)c1. The number of hydrogen-bond donors (Lipinski definition) is 2. The molecule has 0 aromatic heterocycles. The summed E-state index contributed by atoms with van der Waals surface area (Å²) >= 11 is 0. The van der Waals surface area contributed by atoms with Gasteiger partial charge in [0.1, 0.15) is 6.04 Å². The molecule has 1 aromatic carbocycles. The fraction of sp³-hybridized carbons (Fsp3) is 0.417. The number of ether oxygens (including phenoxy) is 1. The number of hydrogen-bond acceptors (Lipinski definition) is 7. The number of nitrogens with zero attached hydrogens (tertiary/aromatic N) is 1. The van der Waals surface area contributed by atoms with Gasteiger partial charge in [0.2, 0.25) is 0 Å². The summed E-state index contributed by atoms with van der Waals surface area (Å²) in [5.41, 5.74) is 6.14. The molecule has 0 unspecified atom stereocenters. The number of rotatable bonds is 6. The van der Waals surface area contributed by atoms with E-state index in [0.29, 0.717) is 5.56 Å². The maximum Gasteiger partial charge on any atom is 0.384 e. The summed E-state index contributed by atoms with van der Waals surface area (Å²) in [6.07, 6.45) is 0.116. The van der Waals surface area contributed by atoms with Crippen LogP contribution >= 0.6 is 0 Å². The molecule has 3 N–H and O–H groups in total. The highest BCUT2D eigenvalue weighted by Crippen LogP contribution is 2.29. The second-order valence-corrected chi connectivity index (χ2v) is 6.21. The van der Waals surface area contributed by atoms with Gasteiger partial charge in [0, 0.05) is 14.1 Å². The van der Waals surface area contributed by atoms with Gasteiger partial charge in [0.25, 0.3) is 0 Å². The smallest absolute Gasteiger partial charge is 0.384 e. The molecule has 0 bridgehead atoms. The van der Waals surface area contributed by atoms with Crippen LogP contribution in [0.25, 0.3) is 0 Å². The first kappa shape index (κ1) is 17.2. The molecule has 1 atom stereocenters. The minimum absolute atomic E-state index is 0.116. The molecule has 0 aliphatic rings. The van der Waals surface area contributed by atoms with E-state index in [1.165, 1.54) is 39.4 Å². The largest absolute Gasteiger partial charge is 0.504 e. The Kier molecular flexibility index (Phi) is 5.53. The summed E-state index contributed by atoms with van der Waals surface area (Å²) in [4.78, 5) is 11.3. The Morgan fingerprint density at radius 2 is 2.05 bits per heavy atom. The van der Waals surface area contributed by atoms with Gasteiger partial charge in [-0.1, -0.05) is 6.07 Å². The summed E-state index contributed by atoms with van der Waals surface area (Å²) in [6, 6.07) is 3.18. The summed E-state index contributed by atoms with van der Waals surface area (Å²) in [7, 11) is -0.180. The molecule has 0 saturated carbocycles. The number of carbonyl (C=O) groups excluding carboxylic acids is 1. The third-order valence-corrected chi connectivity index (χ3v) is 3.91. The van der Waals surface area contributed by atoms with Crippen molar-refractivity contribution in [3.05, 3.63) is 23.8 Å². The number of phenolic OH excluding ortho intramolecular Hbond substituents is 1. The van der Waals surface area contributed by atoms with Crippen LogP contribution in [-0.2, 0) is 26.3 Å². The molecule has 0 saturated heterocycles. The monoisotopic (exact) mass is 318 g/mol. The summed E-state index contributed by atoms with van der Waals surface area (Å²) in [5.74, 6) is -1.17. The first-order valence-electron chi connectivity index (χ1n) is 5.94. The lowest BCUT2D eigenvalue weighted by Crippen LogP contribution is -2.33. The normalized spacial score (nSPS) is 13.0. The Labute approximate surface area is 123 Å². The average Bonchev–Trinajstić information content (AvgIpc) is 2.41. The van der Waals surface area contributed by atoms with Crippen molar-refractivity contribution in [2.24, 2.45) is 5.73 Å². The summed E-state index contributed by atoms with van der Waals surface area (Å²) < 4.78 is 33.4. The van der Waals surface area contributed by atoms with E-state index in [1.807, 2.05) is 0 Å². The van der Waals surface area contributed by atoms with Crippen molar-refractivity contribution in [2.75, 3.05) is 21.2 Å². The first-order valence-corrected chi connectivity index (χ1v) is 7.31. The first-order chi connectivity index (χ1) is 9.67.